The van der Waals surface area contributed by atoms with Gasteiger partial charge in [-0.1, -0.05) is 15.9 Å². The predicted molar refractivity (Wildman–Crippen MR) is 68.3 cm³/mol. The van der Waals surface area contributed by atoms with E-state index in [1.165, 1.54) is 18.9 Å². The van der Waals surface area contributed by atoms with Gasteiger partial charge < -0.3 is 0 Å². The summed E-state index contributed by atoms with van der Waals surface area (Å²) in [7, 11) is 0. The molecule has 0 saturated heterocycles. The van der Waals surface area contributed by atoms with E-state index in [2.05, 4.69) is 20.8 Å². The van der Waals surface area contributed by atoms with Gasteiger partial charge >= 0.3 is 0 Å². The lowest BCUT2D eigenvalue weighted by Crippen LogP contribution is -2.28. The van der Waals surface area contributed by atoms with Gasteiger partial charge in [0, 0.05) is 35.0 Å². The summed E-state index contributed by atoms with van der Waals surface area (Å²) in [6.45, 7) is 1.49. The predicted octanol–water partition coefficient (Wildman–Crippen LogP) is 3.79. The quantitative estimate of drug-likeness (QED) is 0.748. The summed E-state index contributed by atoms with van der Waals surface area (Å²) in [5, 5.41) is 0. The highest BCUT2D eigenvalue weighted by Crippen LogP contribution is 2.29. The fourth-order valence-corrected chi connectivity index (χ4v) is 2.45. The molecular weight excluding hydrogens is 292 g/mol. The van der Waals surface area contributed by atoms with Gasteiger partial charge in [0.2, 0.25) is 0 Å². The summed E-state index contributed by atoms with van der Waals surface area (Å²) in [5.41, 5.74) is 0.742. The van der Waals surface area contributed by atoms with Gasteiger partial charge in [0.25, 0.3) is 0 Å². The molecule has 1 fully saturated rings. The van der Waals surface area contributed by atoms with Crippen molar-refractivity contribution in [1.82, 2.24) is 4.90 Å². The fourth-order valence-electron chi connectivity index (χ4n) is 1.82. The van der Waals surface area contributed by atoms with E-state index in [4.69, 9.17) is 11.6 Å². The smallest absolute Gasteiger partial charge is 0.127 e. The number of benzene rings is 1. The molecule has 0 spiro atoms. The summed E-state index contributed by atoms with van der Waals surface area (Å²) >= 11 is 9.13. The van der Waals surface area contributed by atoms with Crippen molar-refractivity contribution in [2.45, 2.75) is 25.4 Å². The molecule has 4 heteroatoms. The van der Waals surface area contributed by atoms with Crippen LogP contribution in [-0.4, -0.2) is 23.4 Å². The van der Waals surface area contributed by atoms with E-state index in [-0.39, 0.29) is 5.82 Å². The molecule has 88 valence electrons. The van der Waals surface area contributed by atoms with Crippen LogP contribution in [0.25, 0.3) is 0 Å². The van der Waals surface area contributed by atoms with Crippen molar-refractivity contribution < 1.29 is 4.39 Å². The van der Waals surface area contributed by atoms with Crippen molar-refractivity contribution in [2.24, 2.45) is 0 Å². The van der Waals surface area contributed by atoms with Crippen molar-refractivity contribution in [3.63, 3.8) is 0 Å². The van der Waals surface area contributed by atoms with Crippen molar-refractivity contribution in [2.75, 3.05) is 12.4 Å². The highest BCUT2D eigenvalue weighted by atomic mass is 79.9. The third-order valence-electron chi connectivity index (χ3n) is 2.82. The molecule has 2 rings (SSSR count). The van der Waals surface area contributed by atoms with E-state index < -0.39 is 0 Å². The van der Waals surface area contributed by atoms with E-state index in [1.807, 2.05) is 6.07 Å². The first-order valence-electron chi connectivity index (χ1n) is 5.44. The SMILES string of the molecule is Fc1ccc(Br)cc1CN(CCCl)C1CC1. The Labute approximate surface area is 109 Å². The number of rotatable bonds is 5. The summed E-state index contributed by atoms with van der Waals surface area (Å²) in [5.74, 6) is 0.468. The summed E-state index contributed by atoms with van der Waals surface area (Å²) in [6, 6.07) is 5.68. The van der Waals surface area contributed by atoms with Crippen LogP contribution in [-0.2, 0) is 6.54 Å². The zero-order chi connectivity index (χ0) is 11.5. The molecule has 1 aliphatic rings. The van der Waals surface area contributed by atoms with E-state index in [9.17, 15) is 4.39 Å². The van der Waals surface area contributed by atoms with E-state index >= 15 is 0 Å². The first kappa shape index (κ1) is 12.3. The van der Waals surface area contributed by atoms with E-state index in [1.54, 1.807) is 6.07 Å². The maximum absolute atomic E-state index is 13.6. The molecule has 1 nitrogen and oxygen atoms in total. The maximum Gasteiger partial charge on any atom is 0.127 e. The van der Waals surface area contributed by atoms with Crippen LogP contribution in [0.4, 0.5) is 4.39 Å². The second-order valence-corrected chi connectivity index (χ2v) is 5.42. The van der Waals surface area contributed by atoms with E-state index in [0.717, 1.165) is 16.6 Å². The van der Waals surface area contributed by atoms with Crippen LogP contribution in [0.2, 0.25) is 0 Å². The monoisotopic (exact) mass is 305 g/mol. The standard InChI is InChI=1S/C12H14BrClFN/c13-10-1-4-12(15)9(7-10)8-16(6-5-14)11-2-3-11/h1,4,7,11H,2-3,5-6,8H2. The van der Waals surface area contributed by atoms with Gasteiger partial charge in [-0.2, -0.15) is 0 Å². The third-order valence-corrected chi connectivity index (χ3v) is 3.48. The van der Waals surface area contributed by atoms with Gasteiger partial charge in [0.15, 0.2) is 0 Å². The molecule has 0 aliphatic heterocycles. The average Bonchev–Trinajstić information content (AvgIpc) is 3.06. The topological polar surface area (TPSA) is 3.24 Å². The molecule has 0 heterocycles. The highest BCUT2D eigenvalue weighted by Gasteiger charge is 2.28. The Hall–Kier alpha value is -0.120. The lowest BCUT2D eigenvalue weighted by molar-refractivity contribution is 0.267. The Kier molecular flexibility index (Phi) is 4.22. The molecule has 1 aromatic carbocycles. The summed E-state index contributed by atoms with van der Waals surface area (Å²) < 4.78 is 14.5. The van der Waals surface area contributed by atoms with Crippen molar-refractivity contribution >= 4 is 27.5 Å². The molecule has 1 aromatic rings. The lowest BCUT2D eigenvalue weighted by atomic mass is 10.2. The third kappa shape index (κ3) is 3.19. The molecule has 16 heavy (non-hydrogen) atoms. The number of nitrogens with zero attached hydrogens (tertiary/aromatic N) is 1. The van der Waals surface area contributed by atoms with Gasteiger partial charge in [-0.15, -0.1) is 11.6 Å². The normalized spacial score (nSPS) is 15.8. The molecule has 0 N–H and O–H groups in total. The summed E-state index contributed by atoms with van der Waals surface area (Å²) in [6.07, 6.45) is 2.43. The molecule has 0 amide bonds. The second-order valence-electron chi connectivity index (χ2n) is 4.13. The fraction of sp³-hybridized carbons (Fsp3) is 0.500. The molecule has 0 aromatic heterocycles. The Bertz CT molecular complexity index is 368. The van der Waals surface area contributed by atoms with Crippen molar-refractivity contribution in [3.05, 3.63) is 34.1 Å². The first-order valence-corrected chi connectivity index (χ1v) is 6.77. The number of hydrogen-bond acceptors (Lipinski definition) is 1. The van der Waals surface area contributed by atoms with Crippen LogP contribution in [0.3, 0.4) is 0 Å². The van der Waals surface area contributed by atoms with Gasteiger partial charge in [-0.05, 0) is 31.0 Å². The number of alkyl halides is 1. The molecule has 1 aliphatic carbocycles. The van der Waals surface area contributed by atoms with Crippen LogP contribution in [0.5, 0.6) is 0 Å². The van der Waals surface area contributed by atoms with Crippen molar-refractivity contribution in [3.8, 4) is 0 Å². The second kappa shape index (κ2) is 5.48. The molecule has 0 atom stereocenters. The molecule has 0 radical (unpaired) electrons. The van der Waals surface area contributed by atoms with Crippen LogP contribution in [0.1, 0.15) is 18.4 Å². The minimum atomic E-state index is -0.136. The Balaban J connectivity index is 2.08. The minimum absolute atomic E-state index is 0.136. The number of hydrogen-bond donors (Lipinski definition) is 0. The lowest BCUT2D eigenvalue weighted by Gasteiger charge is -2.21. The zero-order valence-corrected chi connectivity index (χ0v) is 11.3. The molecule has 0 bridgehead atoms. The van der Waals surface area contributed by atoms with Gasteiger partial charge in [0.05, 0.1) is 0 Å². The molecule has 0 unspecified atom stereocenters. The van der Waals surface area contributed by atoms with Crippen LogP contribution in [0, 0.1) is 5.82 Å². The molecule has 1 saturated carbocycles. The Morgan fingerprint density at radius 1 is 1.44 bits per heavy atom. The van der Waals surface area contributed by atoms with E-state index in [0.29, 0.717) is 18.5 Å². The van der Waals surface area contributed by atoms with Crippen LogP contribution >= 0.6 is 27.5 Å². The van der Waals surface area contributed by atoms with Gasteiger partial charge in [-0.25, -0.2) is 4.39 Å². The first-order chi connectivity index (χ1) is 7.70. The molecular formula is C12H14BrClFN. The van der Waals surface area contributed by atoms with Gasteiger partial charge in [0.1, 0.15) is 5.82 Å². The van der Waals surface area contributed by atoms with Crippen LogP contribution < -0.4 is 0 Å². The number of halogens is 3. The largest absolute Gasteiger partial charge is 0.295 e. The van der Waals surface area contributed by atoms with Crippen LogP contribution in [0.15, 0.2) is 22.7 Å². The highest BCUT2D eigenvalue weighted by molar-refractivity contribution is 9.10. The Morgan fingerprint density at radius 2 is 2.19 bits per heavy atom. The maximum atomic E-state index is 13.6. The van der Waals surface area contributed by atoms with Crippen molar-refractivity contribution in [1.29, 1.82) is 0 Å². The summed E-state index contributed by atoms with van der Waals surface area (Å²) in [4.78, 5) is 2.26. The minimum Gasteiger partial charge on any atom is -0.295 e. The average molecular weight is 307 g/mol. The Morgan fingerprint density at radius 3 is 2.81 bits per heavy atom. The zero-order valence-electron chi connectivity index (χ0n) is 8.93. The van der Waals surface area contributed by atoms with Gasteiger partial charge in [-0.3, -0.25) is 4.90 Å².